The second kappa shape index (κ2) is 7.70. The molecular formula is C22H18N2O3S. The zero-order valence-corrected chi connectivity index (χ0v) is 16.3. The van der Waals surface area contributed by atoms with Crippen LogP contribution >= 0.6 is 11.3 Å². The zero-order valence-electron chi connectivity index (χ0n) is 15.5. The summed E-state index contributed by atoms with van der Waals surface area (Å²) in [6.45, 7) is 0. The summed E-state index contributed by atoms with van der Waals surface area (Å²) in [6, 6.07) is 22.3. The maximum atomic E-state index is 12.6. The van der Waals surface area contributed by atoms with Gasteiger partial charge in [-0.2, -0.15) is 4.99 Å². The monoisotopic (exact) mass is 390 g/mol. The van der Waals surface area contributed by atoms with Gasteiger partial charge in [-0.1, -0.05) is 29.5 Å². The fourth-order valence-corrected chi connectivity index (χ4v) is 3.83. The normalized spacial score (nSPS) is 11.6. The lowest BCUT2D eigenvalue weighted by Gasteiger charge is -2.05. The quantitative estimate of drug-likeness (QED) is 0.504. The molecule has 4 rings (SSSR count). The van der Waals surface area contributed by atoms with Gasteiger partial charge in [0.05, 0.1) is 17.3 Å². The first-order valence-electron chi connectivity index (χ1n) is 8.69. The van der Waals surface area contributed by atoms with Gasteiger partial charge < -0.3 is 14.0 Å². The van der Waals surface area contributed by atoms with Crippen molar-refractivity contribution in [3.8, 4) is 17.2 Å². The second-order valence-corrected chi connectivity index (χ2v) is 7.14. The van der Waals surface area contributed by atoms with Crippen molar-refractivity contribution in [3.05, 3.63) is 83.2 Å². The van der Waals surface area contributed by atoms with Crippen molar-refractivity contribution < 1.29 is 14.3 Å². The number of fused-ring (bicyclic) bond motifs is 1. The standard InChI is InChI=1S/C22H18N2O3S/c1-24-19-13-12-18(26-2)14-20(19)28-22(24)23-21(25)15-8-10-17(11-9-15)27-16-6-4-3-5-7-16/h3-14H,1-2H3. The number of amides is 1. The van der Waals surface area contributed by atoms with E-state index in [2.05, 4.69) is 4.99 Å². The van der Waals surface area contributed by atoms with Crippen LogP contribution in [0.5, 0.6) is 17.2 Å². The molecule has 3 aromatic carbocycles. The van der Waals surface area contributed by atoms with Crippen molar-refractivity contribution in [2.45, 2.75) is 0 Å². The van der Waals surface area contributed by atoms with Crippen molar-refractivity contribution in [2.75, 3.05) is 7.11 Å². The van der Waals surface area contributed by atoms with Gasteiger partial charge in [-0.3, -0.25) is 4.79 Å². The molecule has 1 amide bonds. The predicted octanol–water partition coefficient (Wildman–Crippen LogP) is 4.78. The maximum absolute atomic E-state index is 12.6. The van der Waals surface area contributed by atoms with Crippen LogP contribution in [0.25, 0.3) is 10.2 Å². The van der Waals surface area contributed by atoms with E-state index in [1.54, 1.807) is 31.4 Å². The summed E-state index contributed by atoms with van der Waals surface area (Å²) in [6.07, 6.45) is 0. The van der Waals surface area contributed by atoms with E-state index >= 15 is 0 Å². The van der Waals surface area contributed by atoms with Gasteiger partial charge >= 0.3 is 0 Å². The Morgan fingerprint density at radius 3 is 2.32 bits per heavy atom. The fraction of sp³-hybridized carbons (Fsp3) is 0.0909. The molecule has 0 saturated carbocycles. The molecule has 0 N–H and O–H groups in total. The van der Waals surface area contributed by atoms with Gasteiger partial charge in [-0.05, 0) is 54.6 Å². The first-order chi connectivity index (χ1) is 13.6. The molecule has 0 fully saturated rings. The third-order valence-electron chi connectivity index (χ3n) is 4.29. The summed E-state index contributed by atoms with van der Waals surface area (Å²) in [5.74, 6) is 1.91. The van der Waals surface area contributed by atoms with Crippen LogP contribution in [-0.2, 0) is 7.05 Å². The van der Waals surface area contributed by atoms with Crippen molar-refractivity contribution in [1.82, 2.24) is 4.57 Å². The Morgan fingerprint density at radius 1 is 0.929 bits per heavy atom. The number of nitrogens with zero attached hydrogens (tertiary/aromatic N) is 2. The Labute approximate surface area is 166 Å². The number of benzene rings is 3. The second-order valence-electron chi connectivity index (χ2n) is 6.13. The number of thiazole rings is 1. The van der Waals surface area contributed by atoms with Gasteiger partial charge in [0, 0.05) is 12.6 Å². The average molecular weight is 390 g/mol. The lowest BCUT2D eigenvalue weighted by molar-refractivity contribution is 0.0998. The van der Waals surface area contributed by atoms with Crippen LogP contribution in [0.3, 0.4) is 0 Å². The molecule has 0 unspecified atom stereocenters. The molecule has 5 nitrogen and oxygen atoms in total. The van der Waals surface area contributed by atoms with Crippen molar-refractivity contribution in [3.63, 3.8) is 0 Å². The molecule has 0 aliphatic heterocycles. The Kier molecular flexibility index (Phi) is 4.95. The molecule has 0 atom stereocenters. The van der Waals surface area contributed by atoms with E-state index in [1.165, 1.54) is 11.3 Å². The number of para-hydroxylation sites is 1. The fourth-order valence-electron chi connectivity index (χ4n) is 2.79. The number of carbonyl (C=O) groups is 1. The van der Waals surface area contributed by atoms with Crippen LogP contribution < -0.4 is 14.3 Å². The van der Waals surface area contributed by atoms with E-state index < -0.39 is 0 Å². The smallest absolute Gasteiger partial charge is 0.279 e. The SMILES string of the molecule is COc1ccc2c(c1)sc(=NC(=O)c1ccc(Oc3ccccc3)cc1)n2C. The molecule has 0 aliphatic carbocycles. The highest BCUT2D eigenvalue weighted by molar-refractivity contribution is 7.16. The van der Waals surface area contributed by atoms with Crippen LogP contribution in [0.15, 0.2) is 77.8 Å². The summed E-state index contributed by atoms with van der Waals surface area (Å²) in [4.78, 5) is 17.5. The van der Waals surface area contributed by atoms with E-state index in [9.17, 15) is 4.79 Å². The first-order valence-corrected chi connectivity index (χ1v) is 9.51. The van der Waals surface area contributed by atoms with Crippen LogP contribution in [0.1, 0.15) is 10.4 Å². The Morgan fingerprint density at radius 2 is 1.61 bits per heavy atom. The highest BCUT2D eigenvalue weighted by atomic mass is 32.1. The van der Waals surface area contributed by atoms with E-state index in [0.717, 1.165) is 21.7 Å². The third kappa shape index (κ3) is 3.68. The lowest BCUT2D eigenvalue weighted by Crippen LogP contribution is -2.13. The molecule has 0 radical (unpaired) electrons. The molecular weight excluding hydrogens is 372 g/mol. The number of carbonyl (C=O) groups excluding carboxylic acids is 1. The number of aryl methyl sites for hydroxylation is 1. The number of hydrogen-bond donors (Lipinski definition) is 0. The molecule has 4 aromatic rings. The molecule has 28 heavy (non-hydrogen) atoms. The topological polar surface area (TPSA) is 52.8 Å². The molecule has 1 heterocycles. The van der Waals surface area contributed by atoms with Crippen molar-refractivity contribution >= 4 is 27.5 Å². The number of methoxy groups -OCH3 is 1. The van der Waals surface area contributed by atoms with Crippen molar-refractivity contribution in [1.29, 1.82) is 0 Å². The molecule has 0 aliphatic rings. The maximum Gasteiger partial charge on any atom is 0.279 e. The van der Waals surface area contributed by atoms with E-state index in [4.69, 9.17) is 9.47 Å². The number of ether oxygens (including phenoxy) is 2. The first kappa shape index (κ1) is 18.0. The third-order valence-corrected chi connectivity index (χ3v) is 5.39. The van der Waals surface area contributed by atoms with Gasteiger partial charge in [0.2, 0.25) is 0 Å². The van der Waals surface area contributed by atoms with Gasteiger partial charge in [0.15, 0.2) is 4.80 Å². The molecule has 0 bridgehead atoms. The largest absolute Gasteiger partial charge is 0.497 e. The zero-order chi connectivity index (χ0) is 19.5. The summed E-state index contributed by atoms with van der Waals surface area (Å²) >= 11 is 1.45. The highest BCUT2D eigenvalue weighted by Crippen LogP contribution is 2.23. The molecule has 1 aromatic heterocycles. The summed E-state index contributed by atoms with van der Waals surface area (Å²) in [7, 11) is 3.53. The van der Waals surface area contributed by atoms with Crippen LogP contribution in [0.2, 0.25) is 0 Å². The Bertz CT molecular complexity index is 1190. The molecule has 6 heteroatoms. The minimum absolute atomic E-state index is 0.291. The summed E-state index contributed by atoms with van der Waals surface area (Å²) in [5, 5.41) is 0. The van der Waals surface area contributed by atoms with E-state index in [0.29, 0.717) is 16.1 Å². The number of aromatic nitrogens is 1. The highest BCUT2D eigenvalue weighted by Gasteiger charge is 2.08. The number of hydrogen-bond acceptors (Lipinski definition) is 4. The Hall–Kier alpha value is -3.38. The lowest BCUT2D eigenvalue weighted by atomic mass is 10.2. The van der Waals surface area contributed by atoms with E-state index in [1.807, 2.05) is 60.1 Å². The van der Waals surface area contributed by atoms with Gasteiger partial charge in [-0.15, -0.1) is 0 Å². The predicted molar refractivity (Wildman–Crippen MR) is 110 cm³/mol. The van der Waals surface area contributed by atoms with Gasteiger partial charge in [0.1, 0.15) is 17.2 Å². The van der Waals surface area contributed by atoms with Gasteiger partial charge in [0.25, 0.3) is 5.91 Å². The summed E-state index contributed by atoms with van der Waals surface area (Å²) < 4.78 is 13.9. The minimum atomic E-state index is -0.291. The van der Waals surface area contributed by atoms with Gasteiger partial charge in [-0.25, -0.2) is 0 Å². The van der Waals surface area contributed by atoms with Crippen molar-refractivity contribution in [2.24, 2.45) is 12.0 Å². The van der Waals surface area contributed by atoms with Crippen LogP contribution in [0.4, 0.5) is 0 Å². The van der Waals surface area contributed by atoms with Crippen LogP contribution in [0, 0.1) is 0 Å². The van der Waals surface area contributed by atoms with E-state index in [-0.39, 0.29) is 5.91 Å². The molecule has 0 spiro atoms. The average Bonchev–Trinajstić information content (AvgIpc) is 3.04. The van der Waals surface area contributed by atoms with Crippen LogP contribution in [-0.4, -0.2) is 17.6 Å². The molecule has 140 valence electrons. The molecule has 0 saturated heterocycles. The summed E-state index contributed by atoms with van der Waals surface area (Å²) in [5.41, 5.74) is 1.51. The minimum Gasteiger partial charge on any atom is -0.497 e. The number of rotatable bonds is 4. The Balaban J connectivity index is 1.59.